The van der Waals surface area contributed by atoms with Crippen LogP contribution in [0, 0.1) is 10.1 Å². The van der Waals surface area contributed by atoms with Gasteiger partial charge in [-0.25, -0.2) is 0 Å². The second kappa shape index (κ2) is 5.82. The number of hydrogen-bond donors (Lipinski definition) is 1. The van der Waals surface area contributed by atoms with E-state index in [1.165, 1.54) is 12.1 Å². The third kappa shape index (κ3) is 3.33. The molecule has 1 rings (SSSR count). The van der Waals surface area contributed by atoms with Crippen molar-refractivity contribution in [1.29, 1.82) is 0 Å². The molecule has 4 heteroatoms. The van der Waals surface area contributed by atoms with Crippen LogP contribution in [0.2, 0.25) is 0 Å². The molecule has 0 aliphatic heterocycles. The number of aliphatic hydroxyl groups excluding tert-OH is 1. The summed E-state index contributed by atoms with van der Waals surface area (Å²) in [6, 6.07) is 6.39. The molecular formula is C12H13NO3. The molecule has 0 radical (unpaired) electrons. The summed E-state index contributed by atoms with van der Waals surface area (Å²) < 4.78 is 0. The molecule has 0 aromatic heterocycles. The Hall–Kier alpha value is -1.94. The Morgan fingerprint density at radius 1 is 1.50 bits per heavy atom. The van der Waals surface area contributed by atoms with Crippen LogP contribution in [0.5, 0.6) is 0 Å². The summed E-state index contributed by atoms with van der Waals surface area (Å²) in [5.74, 6) is 0. The zero-order chi connectivity index (χ0) is 12.0. The Morgan fingerprint density at radius 3 is 2.81 bits per heavy atom. The zero-order valence-corrected chi connectivity index (χ0v) is 8.74. The molecule has 0 amide bonds. The zero-order valence-electron chi connectivity index (χ0n) is 8.74. The van der Waals surface area contributed by atoms with Crippen molar-refractivity contribution >= 4 is 11.8 Å². The van der Waals surface area contributed by atoms with Crippen molar-refractivity contribution in [2.75, 3.05) is 0 Å². The summed E-state index contributed by atoms with van der Waals surface area (Å²) in [5.41, 5.74) is 0.514. The first-order valence-electron chi connectivity index (χ1n) is 4.85. The fraction of sp³-hybridized carbons (Fsp3) is 0.167. The van der Waals surface area contributed by atoms with E-state index < -0.39 is 11.0 Å². The minimum absolute atomic E-state index is 0.0320. The summed E-state index contributed by atoms with van der Waals surface area (Å²) in [7, 11) is 0. The summed E-state index contributed by atoms with van der Waals surface area (Å²) >= 11 is 0. The van der Waals surface area contributed by atoms with E-state index >= 15 is 0 Å². The maximum absolute atomic E-state index is 10.7. The van der Waals surface area contributed by atoms with Crippen molar-refractivity contribution in [1.82, 2.24) is 0 Å². The van der Waals surface area contributed by atoms with Crippen LogP contribution in [-0.2, 0) is 0 Å². The molecule has 1 N–H and O–H groups in total. The standard InChI is InChI=1S/C12H13NO3/c1-2-5-11(14)9-8-10-6-3-4-7-12(10)13(15)16/h2-4,6-9,11,14H,1,5H2/b9-8+/t11-/m0/s1. The van der Waals surface area contributed by atoms with Gasteiger partial charge in [0.1, 0.15) is 0 Å². The molecule has 4 nitrogen and oxygen atoms in total. The number of nitro benzene ring substituents is 1. The average molecular weight is 219 g/mol. The van der Waals surface area contributed by atoms with Gasteiger partial charge in [-0.1, -0.05) is 24.3 Å². The van der Waals surface area contributed by atoms with Crippen molar-refractivity contribution in [2.24, 2.45) is 0 Å². The van der Waals surface area contributed by atoms with Crippen molar-refractivity contribution in [3.63, 3.8) is 0 Å². The molecule has 0 aliphatic rings. The molecule has 1 aromatic carbocycles. The van der Waals surface area contributed by atoms with Crippen LogP contribution in [0.4, 0.5) is 5.69 Å². The first-order chi connectivity index (χ1) is 7.65. The van der Waals surface area contributed by atoms with E-state index in [9.17, 15) is 15.2 Å². The Labute approximate surface area is 93.7 Å². The molecule has 0 aliphatic carbocycles. The highest BCUT2D eigenvalue weighted by Crippen LogP contribution is 2.19. The Morgan fingerprint density at radius 2 is 2.19 bits per heavy atom. The van der Waals surface area contributed by atoms with Crippen LogP contribution in [0.1, 0.15) is 12.0 Å². The lowest BCUT2D eigenvalue weighted by Crippen LogP contribution is -1.99. The van der Waals surface area contributed by atoms with Gasteiger partial charge in [-0.15, -0.1) is 6.58 Å². The summed E-state index contributed by atoms with van der Waals surface area (Å²) in [6.07, 6.45) is 4.43. The van der Waals surface area contributed by atoms with Crippen LogP contribution >= 0.6 is 0 Å². The molecule has 0 bridgehead atoms. The van der Waals surface area contributed by atoms with Gasteiger partial charge in [-0.3, -0.25) is 10.1 Å². The lowest BCUT2D eigenvalue weighted by molar-refractivity contribution is -0.385. The lowest BCUT2D eigenvalue weighted by Gasteiger charge is -2.00. The van der Waals surface area contributed by atoms with Gasteiger partial charge < -0.3 is 5.11 Å². The maximum atomic E-state index is 10.7. The van der Waals surface area contributed by atoms with Crippen LogP contribution in [-0.4, -0.2) is 16.1 Å². The molecule has 0 saturated heterocycles. The van der Waals surface area contributed by atoms with Gasteiger partial charge in [-0.05, 0) is 18.6 Å². The molecular weight excluding hydrogens is 206 g/mol. The summed E-state index contributed by atoms with van der Waals surface area (Å²) in [4.78, 5) is 10.2. The van der Waals surface area contributed by atoms with E-state index in [1.807, 2.05) is 0 Å². The van der Waals surface area contributed by atoms with Gasteiger partial charge in [-0.2, -0.15) is 0 Å². The van der Waals surface area contributed by atoms with Crippen molar-refractivity contribution < 1.29 is 10.0 Å². The van der Waals surface area contributed by atoms with E-state index in [2.05, 4.69) is 6.58 Å². The minimum atomic E-state index is -0.655. The number of nitro groups is 1. The predicted octanol–water partition coefficient (Wildman–Crippen LogP) is 2.55. The quantitative estimate of drug-likeness (QED) is 0.470. The highest BCUT2D eigenvalue weighted by molar-refractivity contribution is 5.60. The van der Waals surface area contributed by atoms with Gasteiger partial charge in [0.15, 0.2) is 0 Å². The van der Waals surface area contributed by atoms with E-state index in [0.717, 1.165) is 0 Å². The van der Waals surface area contributed by atoms with Crippen LogP contribution in [0.15, 0.2) is 43.0 Å². The molecule has 1 atom stereocenters. The van der Waals surface area contributed by atoms with Crippen molar-refractivity contribution in [2.45, 2.75) is 12.5 Å². The van der Waals surface area contributed by atoms with Gasteiger partial charge in [0.25, 0.3) is 5.69 Å². The van der Waals surface area contributed by atoms with Crippen LogP contribution in [0.3, 0.4) is 0 Å². The minimum Gasteiger partial charge on any atom is -0.389 e. The SMILES string of the molecule is C=CC[C@H](O)/C=C/c1ccccc1[N+](=O)[O-]. The maximum Gasteiger partial charge on any atom is 0.276 e. The monoisotopic (exact) mass is 219 g/mol. The normalized spacial score (nSPS) is 12.6. The predicted molar refractivity (Wildman–Crippen MR) is 63.0 cm³/mol. The second-order valence-corrected chi connectivity index (χ2v) is 3.27. The molecule has 0 fully saturated rings. The first kappa shape index (κ1) is 12.1. The second-order valence-electron chi connectivity index (χ2n) is 3.27. The number of aliphatic hydroxyl groups is 1. The highest BCUT2D eigenvalue weighted by atomic mass is 16.6. The summed E-state index contributed by atoms with van der Waals surface area (Å²) in [6.45, 7) is 3.50. The molecule has 1 aromatic rings. The number of nitrogens with zero attached hydrogens (tertiary/aromatic N) is 1. The lowest BCUT2D eigenvalue weighted by atomic mass is 10.1. The van der Waals surface area contributed by atoms with E-state index in [4.69, 9.17) is 0 Å². The number of hydrogen-bond acceptors (Lipinski definition) is 3. The number of para-hydroxylation sites is 1. The molecule has 0 unspecified atom stereocenters. The van der Waals surface area contributed by atoms with E-state index in [0.29, 0.717) is 12.0 Å². The van der Waals surface area contributed by atoms with Gasteiger partial charge in [0.2, 0.25) is 0 Å². The fourth-order valence-corrected chi connectivity index (χ4v) is 1.26. The molecule has 84 valence electrons. The highest BCUT2D eigenvalue weighted by Gasteiger charge is 2.09. The fourth-order valence-electron chi connectivity index (χ4n) is 1.26. The van der Waals surface area contributed by atoms with Crippen LogP contribution in [0.25, 0.3) is 6.08 Å². The third-order valence-electron chi connectivity index (χ3n) is 2.04. The topological polar surface area (TPSA) is 63.4 Å². The number of benzene rings is 1. The summed E-state index contributed by atoms with van der Waals surface area (Å²) in [5, 5.41) is 20.1. The third-order valence-corrected chi connectivity index (χ3v) is 2.04. The van der Waals surface area contributed by atoms with Gasteiger partial charge >= 0.3 is 0 Å². The van der Waals surface area contributed by atoms with Crippen LogP contribution < -0.4 is 0 Å². The largest absolute Gasteiger partial charge is 0.389 e. The Bertz CT molecular complexity index is 412. The molecule has 16 heavy (non-hydrogen) atoms. The van der Waals surface area contributed by atoms with Gasteiger partial charge in [0, 0.05) is 6.07 Å². The number of rotatable bonds is 5. The molecule has 0 spiro atoms. The first-order valence-corrected chi connectivity index (χ1v) is 4.85. The van der Waals surface area contributed by atoms with Gasteiger partial charge in [0.05, 0.1) is 16.6 Å². The Balaban J connectivity index is 2.88. The molecule has 0 saturated carbocycles. The smallest absolute Gasteiger partial charge is 0.276 e. The van der Waals surface area contributed by atoms with E-state index in [-0.39, 0.29) is 5.69 Å². The average Bonchev–Trinajstić information content (AvgIpc) is 2.27. The van der Waals surface area contributed by atoms with E-state index in [1.54, 1.807) is 30.4 Å². The Kier molecular flexibility index (Phi) is 4.42. The van der Waals surface area contributed by atoms with Crippen molar-refractivity contribution in [3.05, 3.63) is 58.7 Å². The molecule has 0 heterocycles. The van der Waals surface area contributed by atoms with Crippen molar-refractivity contribution in [3.8, 4) is 0 Å².